The number of hydrogen-bond donors (Lipinski definition) is 2. The number of ether oxygens (including phenoxy) is 1. The van der Waals surface area contributed by atoms with Crippen molar-refractivity contribution in [2.24, 2.45) is 11.3 Å². The lowest BCUT2D eigenvalue weighted by atomic mass is 9.37. The molecule has 2 fully saturated rings. The van der Waals surface area contributed by atoms with Gasteiger partial charge in [0.05, 0.1) is 23.8 Å². The van der Waals surface area contributed by atoms with E-state index in [4.69, 9.17) is 4.74 Å². The van der Waals surface area contributed by atoms with Crippen molar-refractivity contribution in [3.63, 3.8) is 0 Å². The Morgan fingerprint density at radius 2 is 2.12 bits per heavy atom. The zero-order chi connectivity index (χ0) is 30.0. The predicted octanol–water partition coefficient (Wildman–Crippen LogP) is 7.16. The van der Waals surface area contributed by atoms with Crippen molar-refractivity contribution >= 4 is 18.7 Å². The molecule has 3 aliphatic rings. The molecule has 2 N–H and O–H groups in total. The summed E-state index contributed by atoms with van der Waals surface area (Å²) in [6.45, 7) is 9.41. The van der Waals surface area contributed by atoms with E-state index >= 15 is 0 Å². The third kappa shape index (κ3) is 7.00. The Balaban J connectivity index is 1.01. The maximum Gasteiger partial charge on any atom is 0.394 e. The SMILES string of the molecule is C=C/C(=C\NCCCCC1CB(C#N)C(C)(C)C1)SNC1c2ccc(-n3ccc(OCCC4(C(F)(F)F)CC4)n3)nc21. The first kappa shape index (κ1) is 30.5. The molecule has 2 aliphatic carbocycles. The number of pyridine rings is 1. The normalized spacial score (nSPS) is 21.9. The molecule has 0 spiro atoms. The van der Waals surface area contributed by atoms with Gasteiger partial charge in [-0.05, 0) is 60.5 Å². The molecule has 2 atom stereocenters. The molecule has 2 aromatic rings. The molecule has 1 aliphatic heterocycles. The highest BCUT2D eigenvalue weighted by Crippen LogP contribution is 2.59. The number of halogens is 3. The van der Waals surface area contributed by atoms with Crippen LogP contribution in [0.1, 0.15) is 76.1 Å². The standard InChI is InChI=1S/C30H38BF3N6OS/c1-4-22(19-36-14-6-5-7-21-17-28(2,3)31(18-21)20-35)42-39-27-23-8-9-24(37-26(23)27)40-15-10-25(38-40)41-16-13-29(11-12-29)30(32,33)34/h4,8-10,15,19,21,27,36,39H,1,5-7,11-14,16-18H2,2-3H3/b22-19+. The van der Waals surface area contributed by atoms with Crippen LogP contribution in [0.25, 0.3) is 5.82 Å². The summed E-state index contributed by atoms with van der Waals surface area (Å²) in [4.78, 5) is 5.67. The van der Waals surface area contributed by atoms with Crippen LogP contribution in [0.5, 0.6) is 5.88 Å². The van der Waals surface area contributed by atoms with Gasteiger partial charge in [0.2, 0.25) is 5.88 Å². The molecular formula is C30H38BF3N6OS. The number of unbranched alkanes of at least 4 members (excludes halogenated alkanes) is 1. The topological polar surface area (TPSA) is 87.8 Å². The van der Waals surface area contributed by atoms with Crippen LogP contribution in [-0.4, -0.2) is 40.8 Å². The lowest BCUT2D eigenvalue weighted by Crippen LogP contribution is -2.26. The Labute approximate surface area is 250 Å². The number of hydrogen-bond acceptors (Lipinski definition) is 7. The van der Waals surface area contributed by atoms with Crippen LogP contribution in [0.4, 0.5) is 13.2 Å². The highest BCUT2D eigenvalue weighted by Gasteiger charge is 2.62. The smallest absolute Gasteiger partial charge is 0.394 e. The summed E-state index contributed by atoms with van der Waals surface area (Å²) in [5.74, 6) is 4.06. The maximum atomic E-state index is 13.1. The fourth-order valence-electron chi connectivity index (χ4n) is 5.96. The van der Waals surface area contributed by atoms with Crippen LogP contribution in [0, 0.1) is 22.6 Å². The molecule has 0 amide bonds. The number of alkyl halides is 3. The van der Waals surface area contributed by atoms with Gasteiger partial charge in [0.15, 0.2) is 5.82 Å². The molecule has 1 saturated heterocycles. The fourth-order valence-corrected chi connectivity index (χ4v) is 6.68. The minimum atomic E-state index is -4.17. The van der Waals surface area contributed by atoms with Crippen LogP contribution in [-0.2, 0) is 0 Å². The van der Waals surface area contributed by atoms with E-state index in [-0.39, 0.29) is 49.8 Å². The van der Waals surface area contributed by atoms with Crippen LogP contribution >= 0.6 is 11.9 Å². The lowest BCUT2D eigenvalue weighted by Gasteiger charge is -2.19. The van der Waals surface area contributed by atoms with Gasteiger partial charge >= 0.3 is 6.18 Å². The van der Waals surface area contributed by atoms with Crippen LogP contribution < -0.4 is 14.8 Å². The first-order valence-corrected chi connectivity index (χ1v) is 15.5. The second-order valence-electron chi connectivity index (χ2n) is 12.4. The van der Waals surface area contributed by atoms with E-state index in [2.05, 4.69) is 46.5 Å². The Kier molecular flexibility index (Phi) is 9.00. The predicted molar refractivity (Wildman–Crippen MR) is 160 cm³/mol. The van der Waals surface area contributed by atoms with Crippen molar-refractivity contribution in [3.05, 3.63) is 59.4 Å². The van der Waals surface area contributed by atoms with E-state index in [1.807, 2.05) is 24.4 Å². The summed E-state index contributed by atoms with van der Waals surface area (Å²) < 4.78 is 49.8. The van der Waals surface area contributed by atoms with Crippen molar-refractivity contribution in [2.75, 3.05) is 13.2 Å². The van der Waals surface area contributed by atoms with Gasteiger partial charge in [-0.1, -0.05) is 58.2 Å². The molecule has 42 heavy (non-hydrogen) atoms. The number of fused-ring (bicyclic) bond motifs is 1. The number of rotatable bonds is 15. The zero-order valence-electron chi connectivity index (χ0n) is 24.2. The summed E-state index contributed by atoms with van der Waals surface area (Å²) in [5, 5.41) is 17.2. The van der Waals surface area contributed by atoms with Gasteiger partial charge in [-0.2, -0.15) is 13.2 Å². The van der Waals surface area contributed by atoms with Gasteiger partial charge in [-0.25, -0.2) is 19.6 Å². The average molecular weight is 599 g/mol. The van der Waals surface area contributed by atoms with Crippen molar-refractivity contribution < 1.29 is 17.9 Å². The number of allylic oxidation sites excluding steroid dienone is 1. The van der Waals surface area contributed by atoms with Crippen molar-refractivity contribution in [1.82, 2.24) is 24.8 Å². The van der Waals surface area contributed by atoms with Gasteiger partial charge in [-0.3, -0.25) is 0 Å². The lowest BCUT2D eigenvalue weighted by molar-refractivity contribution is -0.190. The Morgan fingerprint density at radius 1 is 1.31 bits per heavy atom. The monoisotopic (exact) mass is 598 g/mol. The van der Waals surface area contributed by atoms with E-state index in [0.717, 1.165) is 48.3 Å². The Morgan fingerprint density at radius 3 is 2.81 bits per heavy atom. The third-order valence-electron chi connectivity index (χ3n) is 8.94. The molecule has 12 heteroatoms. The molecular weight excluding hydrogens is 560 g/mol. The zero-order valence-corrected chi connectivity index (χ0v) is 25.0. The molecule has 224 valence electrons. The summed E-state index contributed by atoms with van der Waals surface area (Å²) in [7, 11) is 0. The molecule has 5 rings (SSSR count). The molecule has 0 radical (unpaired) electrons. The molecule has 3 heterocycles. The summed E-state index contributed by atoms with van der Waals surface area (Å²) in [6.07, 6.45) is 7.21. The van der Waals surface area contributed by atoms with Crippen molar-refractivity contribution in [1.29, 1.82) is 5.26 Å². The molecule has 1 saturated carbocycles. The summed E-state index contributed by atoms with van der Waals surface area (Å²) in [6, 6.07) is 5.53. The number of nitriles is 1. The van der Waals surface area contributed by atoms with Gasteiger partial charge in [0.25, 0.3) is 6.71 Å². The maximum absolute atomic E-state index is 13.1. The second-order valence-corrected chi connectivity index (χ2v) is 13.4. The van der Waals surface area contributed by atoms with Crippen LogP contribution in [0.3, 0.4) is 0 Å². The Hall–Kier alpha value is -2.91. The van der Waals surface area contributed by atoms with Gasteiger partial charge in [0, 0.05) is 35.9 Å². The number of nitrogens with zero attached hydrogens (tertiary/aromatic N) is 4. The molecule has 0 aromatic carbocycles. The minimum Gasteiger partial charge on any atom is -0.477 e. The summed E-state index contributed by atoms with van der Waals surface area (Å²) >= 11 is 1.50. The number of aromatic nitrogens is 3. The van der Waals surface area contributed by atoms with E-state index in [9.17, 15) is 18.4 Å². The quantitative estimate of drug-likeness (QED) is 0.0973. The van der Waals surface area contributed by atoms with Gasteiger partial charge in [0.1, 0.15) is 0 Å². The summed E-state index contributed by atoms with van der Waals surface area (Å²) in [5.41, 5.74) is 0.472. The van der Waals surface area contributed by atoms with Crippen molar-refractivity contribution in [2.45, 2.75) is 82.6 Å². The minimum absolute atomic E-state index is 0.0198. The largest absolute Gasteiger partial charge is 0.477 e. The highest BCUT2D eigenvalue weighted by molar-refractivity contribution is 8.01. The van der Waals surface area contributed by atoms with Crippen LogP contribution in [0.15, 0.2) is 48.2 Å². The molecule has 0 bridgehead atoms. The molecule has 2 aromatic heterocycles. The molecule has 7 nitrogen and oxygen atoms in total. The van der Waals surface area contributed by atoms with E-state index in [0.29, 0.717) is 11.7 Å². The first-order valence-electron chi connectivity index (χ1n) is 14.7. The van der Waals surface area contributed by atoms with E-state index in [1.54, 1.807) is 16.9 Å². The Bertz CT molecular complexity index is 1350. The van der Waals surface area contributed by atoms with Gasteiger partial charge < -0.3 is 10.1 Å². The fraction of sp³-hybridized carbons (Fsp3) is 0.567. The highest BCUT2D eigenvalue weighted by atomic mass is 32.2. The first-order chi connectivity index (χ1) is 20.0. The van der Waals surface area contributed by atoms with E-state index < -0.39 is 11.6 Å². The molecule has 2 unspecified atom stereocenters. The van der Waals surface area contributed by atoms with E-state index in [1.165, 1.54) is 18.4 Å². The second kappa shape index (κ2) is 12.4. The third-order valence-corrected chi connectivity index (χ3v) is 9.81. The average Bonchev–Trinajstić information content (AvgIpc) is 3.80. The van der Waals surface area contributed by atoms with Crippen LogP contribution in [0.2, 0.25) is 11.6 Å². The van der Waals surface area contributed by atoms with Crippen molar-refractivity contribution in [3.8, 4) is 17.7 Å². The number of nitrogens with one attached hydrogen (secondary N) is 2. The van der Waals surface area contributed by atoms with Gasteiger partial charge in [-0.15, -0.1) is 5.10 Å².